The Labute approximate surface area is 176 Å². The largest absolute Gasteiger partial charge is 0.335 e. The third-order valence-electron chi connectivity index (χ3n) is 5.83. The summed E-state index contributed by atoms with van der Waals surface area (Å²) >= 11 is 1.63. The van der Waals surface area contributed by atoms with E-state index in [1.165, 1.54) is 43.6 Å². The molecule has 0 aliphatic carbocycles. The number of carbonyl (C=O) groups excluding carboxylic acids is 2. The highest BCUT2D eigenvalue weighted by Crippen LogP contribution is 2.22. The molecule has 5 nitrogen and oxygen atoms in total. The van der Waals surface area contributed by atoms with E-state index in [1.54, 1.807) is 11.3 Å². The van der Waals surface area contributed by atoms with Gasteiger partial charge in [-0.1, -0.05) is 31.0 Å². The molecule has 1 aromatic carbocycles. The number of piperazine rings is 1. The quantitative estimate of drug-likeness (QED) is 0.770. The van der Waals surface area contributed by atoms with Gasteiger partial charge < -0.3 is 9.80 Å². The maximum absolute atomic E-state index is 12.9. The first-order valence-corrected chi connectivity index (χ1v) is 11.5. The van der Waals surface area contributed by atoms with Crippen molar-refractivity contribution >= 4 is 23.2 Å². The van der Waals surface area contributed by atoms with Crippen molar-refractivity contribution in [1.82, 2.24) is 14.7 Å². The second-order valence-electron chi connectivity index (χ2n) is 7.91. The lowest BCUT2D eigenvalue weighted by molar-refractivity contribution is 0.0538. The lowest BCUT2D eigenvalue weighted by Gasteiger charge is -2.34. The molecule has 6 heteroatoms. The fourth-order valence-corrected chi connectivity index (χ4v) is 5.14. The van der Waals surface area contributed by atoms with Crippen LogP contribution >= 0.6 is 11.3 Å². The Hall–Kier alpha value is -2.18. The summed E-state index contributed by atoms with van der Waals surface area (Å²) in [6.45, 7) is 5.65. The van der Waals surface area contributed by atoms with E-state index in [0.717, 1.165) is 11.4 Å². The monoisotopic (exact) mass is 411 g/mol. The zero-order chi connectivity index (χ0) is 20.1. The minimum atomic E-state index is 0.0496. The van der Waals surface area contributed by atoms with Gasteiger partial charge >= 0.3 is 0 Å². The van der Waals surface area contributed by atoms with Crippen LogP contribution in [0.3, 0.4) is 0 Å². The van der Waals surface area contributed by atoms with Crippen LogP contribution in [0.1, 0.15) is 50.6 Å². The van der Waals surface area contributed by atoms with Crippen LogP contribution in [0.5, 0.6) is 0 Å². The normalized spacial score (nSPS) is 18.5. The minimum Gasteiger partial charge on any atom is -0.335 e. The number of thiophene rings is 1. The molecule has 2 amide bonds. The zero-order valence-electron chi connectivity index (χ0n) is 16.9. The van der Waals surface area contributed by atoms with Gasteiger partial charge in [0.15, 0.2) is 0 Å². The first-order chi connectivity index (χ1) is 14.2. The minimum absolute atomic E-state index is 0.0496. The SMILES string of the molecule is O=C(c1ccccc1)N1CCN(C(=O)c2ccc(CN3CCCCCC3)s2)CC1. The molecule has 2 aliphatic rings. The van der Waals surface area contributed by atoms with E-state index in [4.69, 9.17) is 0 Å². The molecule has 154 valence electrons. The molecule has 1 aromatic heterocycles. The Morgan fingerprint density at radius 3 is 2.00 bits per heavy atom. The van der Waals surface area contributed by atoms with Crippen molar-refractivity contribution in [1.29, 1.82) is 0 Å². The van der Waals surface area contributed by atoms with Gasteiger partial charge in [0, 0.05) is 43.2 Å². The number of nitrogens with zero attached hydrogens (tertiary/aromatic N) is 3. The molecular formula is C23H29N3O2S. The Balaban J connectivity index is 1.30. The Bertz CT molecular complexity index is 820. The number of hydrogen-bond acceptors (Lipinski definition) is 4. The molecule has 0 radical (unpaired) electrons. The second kappa shape index (κ2) is 9.55. The van der Waals surface area contributed by atoms with E-state index in [0.29, 0.717) is 31.7 Å². The highest BCUT2D eigenvalue weighted by molar-refractivity contribution is 7.14. The fourth-order valence-electron chi connectivity index (χ4n) is 4.12. The van der Waals surface area contributed by atoms with Crippen LogP contribution in [0, 0.1) is 0 Å². The van der Waals surface area contributed by atoms with Gasteiger partial charge in [-0.2, -0.15) is 0 Å². The average molecular weight is 412 g/mol. The summed E-state index contributed by atoms with van der Waals surface area (Å²) in [5.74, 6) is 0.150. The van der Waals surface area contributed by atoms with Crippen molar-refractivity contribution < 1.29 is 9.59 Å². The number of benzene rings is 1. The van der Waals surface area contributed by atoms with Crippen LogP contribution < -0.4 is 0 Å². The average Bonchev–Trinajstić information content (AvgIpc) is 3.08. The summed E-state index contributed by atoms with van der Waals surface area (Å²) < 4.78 is 0. The lowest BCUT2D eigenvalue weighted by Crippen LogP contribution is -2.50. The lowest BCUT2D eigenvalue weighted by atomic mass is 10.2. The smallest absolute Gasteiger partial charge is 0.264 e. The van der Waals surface area contributed by atoms with E-state index in [1.807, 2.05) is 46.2 Å². The van der Waals surface area contributed by atoms with Crippen molar-refractivity contribution in [2.24, 2.45) is 0 Å². The summed E-state index contributed by atoms with van der Waals surface area (Å²) in [5, 5.41) is 0. The van der Waals surface area contributed by atoms with Crippen molar-refractivity contribution in [2.45, 2.75) is 32.2 Å². The molecule has 3 heterocycles. The van der Waals surface area contributed by atoms with E-state index < -0.39 is 0 Å². The fraction of sp³-hybridized carbons (Fsp3) is 0.478. The molecule has 0 unspecified atom stereocenters. The van der Waals surface area contributed by atoms with Crippen molar-refractivity contribution in [3.8, 4) is 0 Å². The van der Waals surface area contributed by atoms with Crippen LogP contribution in [0.25, 0.3) is 0 Å². The molecule has 0 saturated carbocycles. The van der Waals surface area contributed by atoms with E-state index in [-0.39, 0.29) is 11.8 Å². The van der Waals surface area contributed by atoms with E-state index in [2.05, 4.69) is 11.0 Å². The standard InChI is InChI=1S/C23H29N3O2S/c27-22(19-8-4-3-5-9-19)25-14-16-26(17-15-25)23(28)21-11-10-20(29-21)18-24-12-6-1-2-7-13-24/h3-5,8-11H,1-2,6-7,12-18H2. The Morgan fingerprint density at radius 1 is 0.724 bits per heavy atom. The number of rotatable bonds is 4. The first kappa shape index (κ1) is 20.1. The molecular weight excluding hydrogens is 382 g/mol. The van der Waals surface area contributed by atoms with Crippen molar-refractivity contribution in [3.63, 3.8) is 0 Å². The van der Waals surface area contributed by atoms with Gasteiger partial charge in [0.05, 0.1) is 4.88 Å². The highest BCUT2D eigenvalue weighted by atomic mass is 32.1. The number of amides is 2. The van der Waals surface area contributed by atoms with Gasteiger partial charge in [-0.15, -0.1) is 11.3 Å². The number of carbonyl (C=O) groups is 2. The predicted molar refractivity (Wildman–Crippen MR) is 116 cm³/mol. The van der Waals surface area contributed by atoms with Gasteiger partial charge in [-0.3, -0.25) is 14.5 Å². The molecule has 0 spiro atoms. The summed E-state index contributed by atoms with van der Waals surface area (Å²) in [7, 11) is 0. The molecule has 4 rings (SSSR count). The molecule has 0 N–H and O–H groups in total. The van der Waals surface area contributed by atoms with Gasteiger partial charge in [0.2, 0.25) is 0 Å². The van der Waals surface area contributed by atoms with Crippen LogP contribution in [-0.2, 0) is 6.54 Å². The highest BCUT2D eigenvalue weighted by Gasteiger charge is 2.26. The predicted octanol–water partition coefficient (Wildman–Crippen LogP) is 3.72. The van der Waals surface area contributed by atoms with E-state index in [9.17, 15) is 9.59 Å². The van der Waals surface area contributed by atoms with Gasteiger partial charge in [-0.05, 0) is 50.2 Å². The summed E-state index contributed by atoms with van der Waals surface area (Å²) in [6, 6.07) is 13.4. The molecule has 2 aliphatic heterocycles. The van der Waals surface area contributed by atoms with Crippen molar-refractivity contribution in [3.05, 3.63) is 57.8 Å². The summed E-state index contributed by atoms with van der Waals surface area (Å²) in [4.78, 5) is 33.8. The van der Waals surface area contributed by atoms with Crippen LogP contribution in [-0.4, -0.2) is 65.8 Å². The van der Waals surface area contributed by atoms with Crippen LogP contribution in [0.2, 0.25) is 0 Å². The summed E-state index contributed by atoms with van der Waals surface area (Å²) in [6.07, 6.45) is 5.24. The van der Waals surface area contributed by atoms with Gasteiger partial charge in [-0.25, -0.2) is 0 Å². The molecule has 0 atom stereocenters. The molecule has 0 bridgehead atoms. The molecule has 29 heavy (non-hydrogen) atoms. The van der Waals surface area contributed by atoms with Crippen molar-refractivity contribution in [2.75, 3.05) is 39.3 Å². The Morgan fingerprint density at radius 2 is 1.34 bits per heavy atom. The third kappa shape index (κ3) is 5.06. The molecule has 2 fully saturated rings. The third-order valence-corrected chi connectivity index (χ3v) is 6.88. The molecule has 2 aromatic rings. The maximum Gasteiger partial charge on any atom is 0.264 e. The number of hydrogen-bond donors (Lipinski definition) is 0. The Kier molecular flexibility index (Phi) is 6.62. The first-order valence-electron chi connectivity index (χ1n) is 10.7. The number of likely N-dealkylation sites (tertiary alicyclic amines) is 1. The van der Waals surface area contributed by atoms with Crippen LogP contribution in [0.4, 0.5) is 0 Å². The zero-order valence-corrected chi connectivity index (χ0v) is 17.7. The summed E-state index contributed by atoms with van der Waals surface area (Å²) in [5.41, 5.74) is 0.712. The topological polar surface area (TPSA) is 43.9 Å². The molecule has 2 saturated heterocycles. The van der Waals surface area contributed by atoms with Gasteiger partial charge in [0.1, 0.15) is 0 Å². The van der Waals surface area contributed by atoms with Crippen LogP contribution in [0.15, 0.2) is 42.5 Å². The second-order valence-corrected chi connectivity index (χ2v) is 9.08. The van der Waals surface area contributed by atoms with E-state index >= 15 is 0 Å². The maximum atomic E-state index is 12.9. The van der Waals surface area contributed by atoms with Gasteiger partial charge in [0.25, 0.3) is 11.8 Å².